The third-order valence-electron chi connectivity index (χ3n) is 3.43. The first-order chi connectivity index (χ1) is 12.0. The van der Waals surface area contributed by atoms with E-state index in [0.29, 0.717) is 5.13 Å². The summed E-state index contributed by atoms with van der Waals surface area (Å²) in [5.74, 6) is -0.218. The standard InChI is InChI=1S/C16H14N4O4S/c1-9-3-4-12-14(5-9)25-16(18-12)19-17-8-10-6-11(20(22)23)7-13(24-2)15(10)21/h3-8,21H,1-2H3,(H,18,19). The third kappa shape index (κ3) is 3.50. The average molecular weight is 358 g/mol. The van der Waals surface area contributed by atoms with Crippen molar-refractivity contribution in [3.63, 3.8) is 0 Å². The first kappa shape index (κ1) is 16.7. The van der Waals surface area contributed by atoms with Crippen LogP contribution in [-0.4, -0.2) is 28.3 Å². The Morgan fingerprint density at radius 1 is 1.40 bits per heavy atom. The molecule has 0 saturated heterocycles. The quantitative estimate of drug-likeness (QED) is 0.409. The molecule has 0 fully saturated rings. The summed E-state index contributed by atoms with van der Waals surface area (Å²) in [4.78, 5) is 14.8. The molecule has 1 heterocycles. The predicted octanol–water partition coefficient (Wildman–Crippen LogP) is 3.67. The molecule has 0 atom stereocenters. The van der Waals surface area contributed by atoms with Crippen molar-refractivity contribution in [2.75, 3.05) is 12.5 Å². The second-order valence-electron chi connectivity index (χ2n) is 5.20. The van der Waals surface area contributed by atoms with Gasteiger partial charge in [-0.3, -0.25) is 15.5 Å². The molecule has 0 bridgehead atoms. The highest BCUT2D eigenvalue weighted by Gasteiger charge is 2.15. The molecule has 9 heteroatoms. The average Bonchev–Trinajstić information content (AvgIpc) is 2.97. The zero-order valence-electron chi connectivity index (χ0n) is 13.4. The fraction of sp³-hybridized carbons (Fsp3) is 0.125. The van der Waals surface area contributed by atoms with Crippen molar-refractivity contribution in [2.24, 2.45) is 5.10 Å². The van der Waals surface area contributed by atoms with Crippen LogP contribution in [0.15, 0.2) is 35.4 Å². The minimum absolute atomic E-state index is 0.00566. The Kier molecular flexibility index (Phi) is 4.48. The number of non-ortho nitro benzene ring substituents is 1. The van der Waals surface area contributed by atoms with E-state index in [2.05, 4.69) is 15.5 Å². The van der Waals surface area contributed by atoms with Gasteiger partial charge < -0.3 is 9.84 Å². The summed E-state index contributed by atoms with van der Waals surface area (Å²) in [6, 6.07) is 8.29. The number of aromatic hydroxyl groups is 1. The molecule has 1 aromatic heterocycles. The number of aryl methyl sites for hydroxylation is 1. The number of aromatic nitrogens is 1. The highest BCUT2D eigenvalue weighted by molar-refractivity contribution is 7.22. The highest BCUT2D eigenvalue weighted by Crippen LogP contribution is 2.33. The molecule has 3 aromatic rings. The van der Waals surface area contributed by atoms with Gasteiger partial charge in [0, 0.05) is 11.6 Å². The molecule has 0 aliphatic heterocycles. The largest absolute Gasteiger partial charge is 0.504 e. The number of nitrogens with zero attached hydrogens (tertiary/aromatic N) is 3. The number of ether oxygens (including phenoxy) is 1. The number of nitro groups is 1. The minimum atomic E-state index is -0.567. The summed E-state index contributed by atoms with van der Waals surface area (Å²) in [5, 5.41) is 25.6. The molecule has 0 aliphatic carbocycles. The minimum Gasteiger partial charge on any atom is -0.504 e. The van der Waals surface area contributed by atoms with Gasteiger partial charge in [0.05, 0.1) is 34.5 Å². The summed E-state index contributed by atoms with van der Waals surface area (Å²) in [6.07, 6.45) is 1.28. The molecule has 0 spiro atoms. The first-order valence-electron chi connectivity index (χ1n) is 7.19. The van der Waals surface area contributed by atoms with E-state index in [1.54, 1.807) is 0 Å². The second-order valence-corrected chi connectivity index (χ2v) is 6.23. The predicted molar refractivity (Wildman–Crippen MR) is 96.9 cm³/mol. The summed E-state index contributed by atoms with van der Waals surface area (Å²) in [6.45, 7) is 2.00. The fourth-order valence-corrected chi connectivity index (χ4v) is 3.12. The molecule has 3 rings (SSSR count). The Balaban J connectivity index is 1.85. The number of nitro benzene ring substituents is 1. The van der Waals surface area contributed by atoms with E-state index in [1.807, 2.05) is 25.1 Å². The summed E-state index contributed by atoms with van der Waals surface area (Å²) in [5.41, 5.74) is 4.72. The molecule has 0 amide bonds. The van der Waals surface area contributed by atoms with Crippen molar-refractivity contribution in [3.05, 3.63) is 51.6 Å². The SMILES string of the molecule is COc1cc([N+](=O)[O-])cc(C=NNc2nc3ccc(C)cc3s2)c1O. The molecule has 2 N–H and O–H groups in total. The number of hydrogen-bond donors (Lipinski definition) is 2. The van der Waals surface area contributed by atoms with Gasteiger partial charge in [-0.2, -0.15) is 5.10 Å². The van der Waals surface area contributed by atoms with Crippen LogP contribution >= 0.6 is 11.3 Å². The van der Waals surface area contributed by atoms with Crippen LogP contribution in [0.2, 0.25) is 0 Å². The third-order valence-corrected chi connectivity index (χ3v) is 4.35. The van der Waals surface area contributed by atoms with Gasteiger partial charge in [-0.15, -0.1) is 0 Å². The Morgan fingerprint density at radius 3 is 2.92 bits per heavy atom. The van der Waals surface area contributed by atoms with Crippen LogP contribution in [0.5, 0.6) is 11.5 Å². The van der Waals surface area contributed by atoms with E-state index in [-0.39, 0.29) is 22.7 Å². The van der Waals surface area contributed by atoms with Crippen LogP contribution < -0.4 is 10.2 Å². The number of hydrogen-bond acceptors (Lipinski definition) is 8. The monoisotopic (exact) mass is 358 g/mol. The van der Waals surface area contributed by atoms with Gasteiger partial charge in [0.2, 0.25) is 5.13 Å². The Morgan fingerprint density at radius 2 is 2.20 bits per heavy atom. The number of anilines is 1. The lowest BCUT2D eigenvalue weighted by Crippen LogP contribution is -1.96. The Labute approximate surface area is 146 Å². The van der Waals surface area contributed by atoms with Crippen LogP contribution in [0.4, 0.5) is 10.8 Å². The van der Waals surface area contributed by atoms with Crippen LogP contribution in [-0.2, 0) is 0 Å². The summed E-state index contributed by atoms with van der Waals surface area (Å²) < 4.78 is 5.97. The number of fused-ring (bicyclic) bond motifs is 1. The fourth-order valence-electron chi connectivity index (χ4n) is 2.21. The molecular formula is C16H14N4O4S. The molecule has 0 aliphatic rings. The van der Waals surface area contributed by atoms with Crippen LogP contribution in [0.3, 0.4) is 0 Å². The lowest BCUT2D eigenvalue weighted by atomic mass is 10.2. The maximum absolute atomic E-state index is 11.0. The second kappa shape index (κ2) is 6.73. The van der Waals surface area contributed by atoms with E-state index in [4.69, 9.17) is 4.74 Å². The van der Waals surface area contributed by atoms with Gasteiger partial charge in [-0.05, 0) is 24.6 Å². The van der Waals surface area contributed by atoms with Crippen molar-refractivity contribution < 1.29 is 14.8 Å². The van der Waals surface area contributed by atoms with Gasteiger partial charge in [-0.1, -0.05) is 17.4 Å². The number of thiazole rings is 1. The topological polar surface area (TPSA) is 110 Å². The van der Waals surface area contributed by atoms with Crippen molar-refractivity contribution in [3.8, 4) is 11.5 Å². The lowest BCUT2D eigenvalue weighted by Gasteiger charge is -2.05. The number of benzene rings is 2. The zero-order chi connectivity index (χ0) is 18.0. The Hall–Kier alpha value is -3.20. The maximum Gasteiger partial charge on any atom is 0.274 e. The van der Waals surface area contributed by atoms with Crippen molar-refractivity contribution >= 4 is 38.6 Å². The number of hydrazone groups is 1. The number of nitrogens with one attached hydrogen (secondary N) is 1. The molecule has 8 nitrogen and oxygen atoms in total. The number of phenols is 1. The highest BCUT2D eigenvalue weighted by atomic mass is 32.1. The van der Waals surface area contributed by atoms with E-state index in [9.17, 15) is 15.2 Å². The van der Waals surface area contributed by atoms with Crippen LogP contribution in [0.25, 0.3) is 10.2 Å². The molecule has 128 valence electrons. The number of methoxy groups -OCH3 is 1. The van der Waals surface area contributed by atoms with E-state index >= 15 is 0 Å². The van der Waals surface area contributed by atoms with Crippen LogP contribution in [0.1, 0.15) is 11.1 Å². The zero-order valence-corrected chi connectivity index (χ0v) is 14.2. The molecule has 0 radical (unpaired) electrons. The Bertz CT molecular complexity index is 984. The molecule has 25 heavy (non-hydrogen) atoms. The van der Waals surface area contributed by atoms with Gasteiger partial charge in [0.15, 0.2) is 11.5 Å². The van der Waals surface area contributed by atoms with Crippen molar-refractivity contribution in [2.45, 2.75) is 6.92 Å². The van der Waals surface area contributed by atoms with E-state index < -0.39 is 4.92 Å². The van der Waals surface area contributed by atoms with E-state index in [1.165, 1.54) is 30.7 Å². The molecular weight excluding hydrogens is 344 g/mol. The molecule has 2 aromatic carbocycles. The van der Waals surface area contributed by atoms with E-state index in [0.717, 1.165) is 21.8 Å². The van der Waals surface area contributed by atoms with Crippen LogP contribution in [0, 0.1) is 17.0 Å². The van der Waals surface area contributed by atoms with Gasteiger partial charge in [-0.25, -0.2) is 4.98 Å². The van der Waals surface area contributed by atoms with Gasteiger partial charge in [0.25, 0.3) is 5.69 Å². The smallest absolute Gasteiger partial charge is 0.274 e. The molecule has 0 unspecified atom stereocenters. The summed E-state index contributed by atoms with van der Waals surface area (Å²) >= 11 is 1.44. The van der Waals surface area contributed by atoms with Crippen molar-refractivity contribution in [1.82, 2.24) is 4.98 Å². The van der Waals surface area contributed by atoms with Crippen molar-refractivity contribution in [1.29, 1.82) is 0 Å². The number of rotatable bonds is 5. The first-order valence-corrected chi connectivity index (χ1v) is 8.01. The van der Waals surface area contributed by atoms with Gasteiger partial charge >= 0.3 is 0 Å². The van der Waals surface area contributed by atoms with Gasteiger partial charge in [0.1, 0.15) is 0 Å². The normalized spacial score (nSPS) is 11.1. The lowest BCUT2D eigenvalue weighted by molar-refractivity contribution is -0.385. The summed E-state index contributed by atoms with van der Waals surface area (Å²) in [7, 11) is 1.32. The maximum atomic E-state index is 11.0. The molecule has 0 saturated carbocycles. The number of phenolic OH excluding ortho intramolecular Hbond substituents is 1.